The van der Waals surface area contributed by atoms with E-state index in [1.54, 1.807) is 16.0 Å². The fourth-order valence-electron chi connectivity index (χ4n) is 3.05. The molecule has 1 aliphatic heterocycles. The lowest BCUT2D eigenvalue weighted by Gasteiger charge is -2.12. The molecule has 1 aliphatic rings. The standard InChI is InChI=1S/C16H18N6OS/c23-16(11-5-3-4-10-22-15(11)19-20-21-22)17-9-8-14-18-12-6-1-2-7-13(12)24-14/h1-2,6-7,11H,3-5,8-10H2,(H,17,23)/t11-/m0/s1. The van der Waals surface area contributed by atoms with Crippen molar-refractivity contribution < 1.29 is 4.79 Å². The molecule has 2 aromatic heterocycles. The zero-order valence-corrected chi connectivity index (χ0v) is 14.0. The molecule has 3 aromatic rings. The number of hydrogen-bond acceptors (Lipinski definition) is 6. The van der Waals surface area contributed by atoms with Crippen LogP contribution in [0, 0.1) is 0 Å². The van der Waals surface area contributed by atoms with Crippen molar-refractivity contribution in [2.24, 2.45) is 0 Å². The summed E-state index contributed by atoms with van der Waals surface area (Å²) in [6.45, 7) is 1.37. The van der Waals surface area contributed by atoms with Gasteiger partial charge in [0.1, 0.15) is 0 Å². The number of thiazole rings is 1. The number of amides is 1. The van der Waals surface area contributed by atoms with E-state index in [0.717, 1.165) is 42.8 Å². The van der Waals surface area contributed by atoms with Crippen molar-refractivity contribution in [3.05, 3.63) is 35.1 Å². The third kappa shape index (κ3) is 3.01. The lowest BCUT2D eigenvalue weighted by atomic mass is 10.0. The topological polar surface area (TPSA) is 85.6 Å². The Morgan fingerprint density at radius 1 is 1.33 bits per heavy atom. The normalized spacial score (nSPS) is 17.4. The molecule has 0 spiro atoms. The summed E-state index contributed by atoms with van der Waals surface area (Å²) in [6, 6.07) is 8.09. The molecule has 0 bridgehead atoms. The van der Waals surface area contributed by atoms with Crippen LogP contribution in [0.3, 0.4) is 0 Å². The first kappa shape index (κ1) is 15.2. The zero-order valence-electron chi connectivity index (χ0n) is 13.2. The number of nitrogens with one attached hydrogen (secondary N) is 1. The highest BCUT2D eigenvalue weighted by Crippen LogP contribution is 2.24. The second-order valence-electron chi connectivity index (χ2n) is 5.92. The molecule has 1 aromatic carbocycles. The summed E-state index contributed by atoms with van der Waals surface area (Å²) in [7, 11) is 0. The van der Waals surface area contributed by atoms with Crippen molar-refractivity contribution in [1.82, 2.24) is 30.5 Å². The van der Waals surface area contributed by atoms with Gasteiger partial charge in [0, 0.05) is 19.5 Å². The lowest BCUT2D eigenvalue weighted by Crippen LogP contribution is -2.32. The average Bonchev–Trinajstić information content (AvgIpc) is 3.16. The van der Waals surface area contributed by atoms with Crippen molar-refractivity contribution >= 4 is 27.5 Å². The van der Waals surface area contributed by atoms with Gasteiger partial charge < -0.3 is 5.32 Å². The van der Waals surface area contributed by atoms with E-state index < -0.39 is 0 Å². The molecule has 3 heterocycles. The van der Waals surface area contributed by atoms with Crippen molar-refractivity contribution in [2.75, 3.05) is 6.54 Å². The van der Waals surface area contributed by atoms with Gasteiger partial charge in [0.2, 0.25) is 5.91 Å². The number of rotatable bonds is 4. The van der Waals surface area contributed by atoms with Crippen LogP contribution in [0.2, 0.25) is 0 Å². The van der Waals surface area contributed by atoms with Gasteiger partial charge in [-0.25, -0.2) is 9.67 Å². The van der Waals surface area contributed by atoms with Crippen LogP contribution in [0.4, 0.5) is 0 Å². The summed E-state index contributed by atoms with van der Waals surface area (Å²) in [4.78, 5) is 17.1. The van der Waals surface area contributed by atoms with E-state index in [1.807, 2.05) is 18.2 Å². The predicted octanol–water partition coefficient (Wildman–Crippen LogP) is 1.91. The molecule has 0 unspecified atom stereocenters. The fraction of sp³-hybridized carbons (Fsp3) is 0.438. The smallest absolute Gasteiger partial charge is 0.230 e. The van der Waals surface area contributed by atoms with Crippen molar-refractivity contribution in [2.45, 2.75) is 38.1 Å². The summed E-state index contributed by atoms with van der Waals surface area (Å²) in [5.41, 5.74) is 1.02. The molecule has 0 saturated carbocycles. The van der Waals surface area contributed by atoms with Crippen LogP contribution in [0.15, 0.2) is 24.3 Å². The minimum Gasteiger partial charge on any atom is -0.355 e. The van der Waals surface area contributed by atoms with Crippen LogP contribution in [0.5, 0.6) is 0 Å². The highest BCUT2D eigenvalue weighted by Gasteiger charge is 2.28. The molecule has 0 radical (unpaired) electrons. The average molecular weight is 342 g/mol. The van der Waals surface area contributed by atoms with Crippen molar-refractivity contribution in [3.63, 3.8) is 0 Å². The fourth-order valence-corrected chi connectivity index (χ4v) is 4.02. The monoisotopic (exact) mass is 342 g/mol. The Kier molecular flexibility index (Phi) is 4.20. The number of carbonyl (C=O) groups is 1. The Morgan fingerprint density at radius 3 is 3.17 bits per heavy atom. The first-order valence-corrected chi connectivity index (χ1v) is 9.01. The molecule has 7 nitrogen and oxygen atoms in total. The molecule has 0 fully saturated rings. The Labute approximate surface area is 143 Å². The number of nitrogens with zero attached hydrogens (tertiary/aromatic N) is 5. The summed E-state index contributed by atoms with van der Waals surface area (Å²) >= 11 is 1.68. The molecule has 4 rings (SSSR count). The Morgan fingerprint density at radius 2 is 2.25 bits per heavy atom. The first-order chi connectivity index (χ1) is 11.8. The molecule has 1 amide bonds. The molecule has 1 atom stereocenters. The highest BCUT2D eigenvalue weighted by molar-refractivity contribution is 7.18. The van der Waals surface area contributed by atoms with Gasteiger partial charge in [-0.05, 0) is 35.4 Å². The molecule has 24 heavy (non-hydrogen) atoms. The predicted molar refractivity (Wildman–Crippen MR) is 90.7 cm³/mol. The van der Waals surface area contributed by atoms with Crippen LogP contribution < -0.4 is 5.32 Å². The van der Waals surface area contributed by atoms with Crippen LogP contribution >= 0.6 is 11.3 Å². The van der Waals surface area contributed by atoms with E-state index in [-0.39, 0.29) is 11.8 Å². The second kappa shape index (κ2) is 6.64. The van der Waals surface area contributed by atoms with Gasteiger partial charge in [-0.1, -0.05) is 18.6 Å². The minimum absolute atomic E-state index is 0.00839. The Balaban J connectivity index is 1.38. The van der Waals surface area contributed by atoms with Gasteiger partial charge in [-0.3, -0.25) is 4.79 Å². The van der Waals surface area contributed by atoms with E-state index in [9.17, 15) is 4.79 Å². The quantitative estimate of drug-likeness (QED) is 0.783. The first-order valence-electron chi connectivity index (χ1n) is 8.19. The van der Waals surface area contributed by atoms with E-state index >= 15 is 0 Å². The van der Waals surface area contributed by atoms with Crippen LogP contribution in [0.25, 0.3) is 10.2 Å². The van der Waals surface area contributed by atoms with Crippen molar-refractivity contribution in [3.8, 4) is 0 Å². The van der Waals surface area contributed by atoms with Gasteiger partial charge in [-0.2, -0.15) is 0 Å². The number of benzene rings is 1. The SMILES string of the molecule is O=C(NCCc1nc2ccccc2s1)[C@H]1CCCCn2nnnc21. The summed E-state index contributed by atoms with van der Waals surface area (Å²) in [5, 5.41) is 15.8. The van der Waals surface area contributed by atoms with Crippen LogP contribution in [0.1, 0.15) is 36.0 Å². The second-order valence-corrected chi connectivity index (χ2v) is 7.04. The Hall–Kier alpha value is -2.35. The summed E-state index contributed by atoms with van der Waals surface area (Å²) in [5.74, 6) is 0.442. The van der Waals surface area contributed by atoms with Crippen molar-refractivity contribution in [1.29, 1.82) is 0 Å². The number of tetrazole rings is 1. The minimum atomic E-state index is -0.252. The maximum Gasteiger partial charge on any atom is 0.230 e. The number of aromatic nitrogens is 5. The van der Waals surface area contributed by atoms with Gasteiger partial charge in [0.25, 0.3) is 0 Å². The maximum absolute atomic E-state index is 12.5. The van der Waals surface area contributed by atoms with E-state index in [4.69, 9.17) is 0 Å². The number of carbonyl (C=O) groups excluding carboxylic acids is 1. The number of aryl methyl sites for hydroxylation is 1. The van der Waals surface area contributed by atoms with E-state index in [1.165, 1.54) is 4.70 Å². The Bertz CT molecular complexity index is 824. The van der Waals surface area contributed by atoms with Gasteiger partial charge in [0.05, 0.1) is 21.1 Å². The zero-order chi connectivity index (χ0) is 16.4. The molecule has 124 valence electrons. The maximum atomic E-state index is 12.5. The third-order valence-corrected chi connectivity index (χ3v) is 5.37. The molecule has 0 aliphatic carbocycles. The van der Waals surface area contributed by atoms with Crippen LogP contribution in [-0.4, -0.2) is 37.6 Å². The largest absolute Gasteiger partial charge is 0.355 e. The molecule has 0 saturated heterocycles. The summed E-state index contributed by atoms with van der Waals surface area (Å²) in [6.07, 6.45) is 3.55. The van der Waals surface area contributed by atoms with E-state index in [0.29, 0.717) is 12.4 Å². The number of hydrogen-bond donors (Lipinski definition) is 1. The molecular formula is C16H18N6OS. The third-order valence-electron chi connectivity index (χ3n) is 4.28. The molecule has 1 N–H and O–H groups in total. The molecule has 8 heteroatoms. The lowest BCUT2D eigenvalue weighted by molar-refractivity contribution is -0.122. The van der Waals surface area contributed by atoms with Crippen LogP contribution in [-0.2, 0) is 17.8 Å². The highest BCUT2D eigenvalue weighted by atomic mass is 32.1. The number of fused-ring (bicyclic) bond motifs is 2. The van der Waals surface area contributed by atoms with E-state index in [2.05, 4.69) is 31.9 Å². The van der Waals surface area contributed by atoms with Gasteiger partial charge in [0.15, 0.2) is 5.82 Å². The van der Waals surface area contributed by atoms with Gasteiger partial charge >= 0.3 is 0 Å². The van der Waals surface area contributed by atoms with Gasteiger partial charge in [-0.15, -0.1) is 16.4 Å². The number of para-hydroxylation sites is 1. The molecular weight excluding hydrogens is 324 g/mol. The summed E-state index contributed by atoms with van der Waals surface area (Å²) < 4.78 is 2.94.